The first-order valence-electron chi connectivity index (χ1n) is 5.94. The lowest BCUT2D eigenvalue weighted by molar-refractivity contribution is 0.435. The van der Waals surface area contributed by atoms with Gasteiger partial charge in [0.15, 0.2) is 0 Å². The Labute approximate surface area is 89.0 Å². The highest BCUT2D eigenvalue weighted by Gasteiger charge is 2.27. The van der Waals surface area contributed by atoms with Gasteiger partial charge in [-0.15, -0.1) is 0 Å². The van der Waals surface area contributed by atoms with E-state index in [1.807, 2.05) is 0 Å². The molecule has 1 rings (SSSR count). The first-order chi connectivity index (χ1) is 6.50. The van der Waals surface area contributed by atoms with Crippen molar-refractivity contribution in [3.8, 4) is 0 Å². The highest BCUT2D eigenvalue weighted by atomic mass is 15.0. The smallest absolute Gasteiger partial charge is 0.0280 e. The van der Waals surface area contributed by atoms with Crippen LogP contribution in [0.3, 0.4) is 0 Å². The average Bonchev–Trinajstić information content (AvgIpc) is 2.50. The van der Waals surface area contributed by atoms with Crippen molar-refractivity contribution in [2.45, 2.75) is 59.0 Å². The number of hydrogen-bond acceptors (Lipinski definition) is 1. The predicted molar refractivity (Wildman–Crippen MR) is 63.4 cm³/mol. The fourth-order valence-corrected chi connectivity index (χ4v) is 2.29. The molecular formula is C13H25N. The van der Waals surface area contributed by atoms with Crippen LogP contribution in [-0.2, 0) is 0 Å². The lowest BCUT2D eigenvalue weighted by Crippen LogP contribution is -2.34. The monoisotopic (exact) mass is 195 g/mol. The second-order valence-corrected chi connectivity index (χ2v) is 5.40. The van der Waals surface area contributed by atoms with Crippen LogP contribution in [0.15, 0.2) is 12.2 Å². The minimum absolute atomic E-state index is 0.588. The molecule has 0 aromatic carbocycles. The van der Waals surface area contributed by atoms with Gasteiger partial charge in [-0.3, -0.25) is 0 Å². The quantitative estimate of drug-likeness (QED) is 0.678. The van der Waals surface area contributed by atoms with Crippen molar-refractivity contribution in [1.82, 2.24) is 5.32 Å². The van der Waals surface area contributed by atoms with Crippen molar-refractivity contribution >= 4 is 0 Å². The summed E-state index contributed by atoms with van der Waals surface area (Å²) in [6.07, 6.45) is 3.77. The molecule has 0 aliphatic carbocycles. The molecule has 1 N–H and O–H groups in total. The van der Waals surface area contributed by atoms with Crippen molar-refractivity contribution in [2.75, 3.05) is 0 Å². The molecule has 14 heavy (non-hydrogen) atoms. The third kappa shape index (κ3) is 3.13. The zero-order chi connectivity index (χ0) is 10.7. The summed E-state index contributed by atoms with van der Waals surface area (Å²) in [4.78, 5) is 0. The Morgan fingerprint density at radius 3 is 2.36 bits per heavy atom. The van der Waals surface area contributed by atoms with E-state index in [1.165, 1.54) is 24.8 Å². The Morgan fingerprint density at radius 1 is 1.29 bits per heavy atom. The van der Waals surface area contributed by atoms with E-state index in [0.29, 0.717) is 12.1 Å². The van der Waals surface area contributed by atoms with Crippen LogP contribution in [0.4, 0.5) is 0 Å². The zero-order valence-electron chi connectivity index (χ0n) is 10.1. The molecule has 1 fully saturated rings. The van der Waals surface area contributed by atoms with Gasteiger partial charge >= 0.3 is 0 Å². The summed E-state index contributed by atoms with van der Waals surface area (Å²) in [7, 11) is 0. The summed E-state index contributed by atoms with van der Waals surface area (Å²) in [6, 6.07) is 1.30. The van der Waals surface area contributed by atoms with Crippen LogP contribution in [0.25, 0.3) is 0 Å². The Morgan fingerprint density at radius 2 is 1.93 bits per heavy atom. The summed E-state index contributed by atoms with van der Waals surface area (Å²) >= 11 is 0. The average molecular weight is 195 g/mol. The molecule has 0 aromatic heterocycles. The summed E-state index contributed by atoms with van der Waals surface area (Å²) < 4.78 is 0. The molecule has 0 aromatic rings. The van der Waals surface area contributed by atoms with Gasteiger partial charge in [0.2, 0.25) is 0 Å². The topological polar surface area (TPSA) is 12.0 Å². The van der Waals surface area contributed by atoms with Crippen molar-refractivity contribution in [1.29, 1.82) is 0 Å². The summed E-state index contributed by atoms with van der Waals surface area (Å²) in [5.41, 5.74) is 1.41. The second-order valence-electron chi connectivity index (χ2n) is 5.40. The van der Waals surface area contributed by atoms with Crippen LogP contribution in [0.1, 0.15) is 47.0 Å². The Kier molecular flexibility index (Phi) is 4.18. The van der Waals surface area contributed by atoms with Gasteiger partial charge in [-0.25, -0.2) is 0 Å². The van der Waals surface area contributed by atoms with E-state index in [0.717, 1.165) is 11.8 Å². The van der Waals surface area contributed by atoms with Gasteiger partial charge in [0.1, 0.15) is 0 Å². The Balaban J connectivity index is 2.38. The largest absolute Gasteiger partial charge is 0.307 e. The molecule has 0 amide bonds. The summed E-state index contributed by atoms with van der Waals surface area (Å²) in [5, 5.41) is 3.70. The minimum Gasteiger partial charge on any atom is -0.307 e. The molecular weight excluding hydrogens is 170 g/mol. The lowest BCUT2D eigenvalue weighted by Gasteiger charge is -2.20. The van der Waals surface area contributed by atoms with Crippen molar-refractivity contribution < 1.29 is 0 Å². The summed E-state index contributed by atoms with van der Waals surface area (Å²) in [5.74, 6) is 1.49. The van der Waals surface area contributed by atoms with Gasteiger partial charge in [-0.05, 0) is 31.1 Å². The van der Waals surface area contributed by atoms with Crippen LogP contribution in [0.2, 0.25) is 0 Å². The molecule has 2 atom stereocenters. The molecule has 1 heterocycles. The van der Waals surface area contributed by atoms with Gasteiger partial charge < -0.3 is 5.32 Å². The number of nitrogens with one attached hydrogen (secondary N) is 1. The van der Waals surface area contributed by atoms with E-state index in [2.05, 4.69) is 39.6 Å². The Bertz CT molecular complexity index is 193. The van der Waals surface area contributed by atoms with E-state index in [9.17, 15) is 0 Å². The van der Waals surface area contributed by atoms with Crippen molar-refractivity contribution in [3.05, 3.63) is 12.2 Å². The maximum atomic E-state index is 4.21. The third-order valence-electron chi connectivity index (χ3n) is 3.15. The number of hydrogen-bond donors (Lipinski definition) is 1. The molecule has 1 aliphatic rings. The first-order valence-corrected chi connectivity index (χ1v) is 5.94. The van der Waals surface area contributed by atoms with Gasteiger partial charge in [-0.2, -0.15) is 0 Å². The van der Waals surface area contributed by atoms with E-state index in [4.69, 9.17) is 0 Å². The van der Waals surface area contributed by atoms with Crippen LogP contribution in [-0.4, -0.2) is 12.1 Å². The van der Waals surface area contributed by atoms with Gasteiger partial charge in [0.25, 0.3) is 0 Å². The van der Waals surface area contributed by atoms with E-state index < -0.39 is 0 Å². The molecule has 1 heteroatoms. The standard InChI is InChI=1S/C13H25N/c1-9(2)8-11(5)13-7-6-12(14-13)10(3)4/h9-10,12-14H,5-8H2,1-4H3. The third-order valence-corrected chi connectivity index (χ3v) is 3.15. The van der Waals surface area contributed by atoms with Gasteiger partial charge in [0.05, 0.1) is 0 Å². The van der Waals surface area contributed by atoms with E-state index >= 15 is 0 Å². The van der Waals surface area contributed by atoms with Gasteiger partial charge in [-0.1, -0.05) is 39.8 Å². The molecule has 1 aliphatic heterocycles. The highest BCUT2D eigenvalue weighted by molar-refractivity contribution is 5.09. The molecule has 0 saturated carbocycles. The normalized spacial score (nSPS) is 27.6. The van der Waals surface area contributed by atoms with E-state index in [1.54, 1.807) is 0 Å². The van der Waals surface area contributed by atoms with Crippen LogP contribution in [0, 0.1) is 11.8 Å². The minimum atomic E-state index is 0.588. The molecule has 0 spiro atoms. The summed E-state index contributed by atoms with van der Waals surface area (Å²) in [6.45, 7) is 13.3. The number of rotatable bonds is 4. The van der Waals surface area contributed by atoms with Crippen molar-refractivity contribution in [2.24, 2.45) is 11.8 Å². The van der Waals surface area contributed by atoms with Crippen LogP contribution < -0.4 is 5.32 Å². The zero-order valence-corrected chi connectivity index (χ0v) is 10.1. The lowest BCUT2D eigenvalue weighted by atomic mass is 9.97. The molecule has 0 radical (unpaired) electrons. The molecule has 1 saturated heterocycles. The maximum Gasteiger partial charge on any atom is 0.0280 e. The molecule has 0 bridgehead atoms. The molecule has 82 valence electrons. The maximum absolute atomic E-state index is 4.21. The van der Waals surface area contributed by atoms with Gasteiger partial charge in [0, 0.05) is 12.1 Å². The Hall–Kier alpha value is -0.300. The van der Waals surface area contributed by atoms with Crippen molar-refractivity contribution in [3.63, 3.8) is 0 Å². The fourth-order valence-electron chi connectivity index (χ4n) is 2.29. The van der Waals surface area contributed by atoms with Crippen LogP contribution >= 0.6 is 0 Å². The fraction of sp³-hybridized carbons (Fsp3) is 0.846. The van der Waals surface area contributed by atoms with E-state index in [-0.39, 0.29) is 0 Å². The highest BCUT2D eigenvalue weighted by Crippen LogP contribution is 2.25. The molecule has 2 unspecified atom stereocenters. The molecule has 1 nitrogen and oxygen atoms in total. The SMILES string of the molecule is C=C(CC(C)C)C1CCC(C(C)C)N1. The second kappa shape index (κ2) is 4.97. The predicted octanol–water partition coefficient (Wildman–Crippen LogP) is 3.37. The van der Waals surface area contributed by atoms with Crippen LogP contribution in [0.5, 0.6) is 0 Å². The first kappa shape index (κ1) is 11.8.